The highest BCUT2D eigenvalue weighted by molar-refractivity contribution is 5.99. The van der Waals surface area contributed by atoms with E-state index in [1.807, 2.05) is 24.3 Å². The van der Waals surface area contributed by atoms with Crippen LogP contribution in [0.2, 0.25) is 0 Å². The number of aliphatic imine (C=N–C) groups is 1. The first-order valence-electron chi connectivity index (χ1n) is 5.02. The van der Waals surface area contributed by atoms with Crippen molar-refractivity contribution >= 4 is 23.9 Å². The summed E-state index contributed by atoms with van der Waals surface area (Å²) in [5.74, 6) is -0.0347. The number of carbonyl (C=O) groups excluding carboxylic acids is 1. The fourth-order valence-corrected chi connectivity index (χ4v) is 1.82. The lowest BCUT2D eigenvalue weighted by atomic mass is 10.1. The molecule has 0 saturated heterocycles. The maximum Gasteiger partial charge on any atom is 0.252 e. The lowest BCUT2D eigenvalue weighted by Gasteiger charge is -2.24. The summed E-state index contributed by atoms with van der Waals surface area (Å²) < 4.78 is 0. The van der Waals surface area contributed by atoms with Crippen LogP contribution >= 0.6 is 0 Å². The van der Waals surface area contributed by atoms with Gasteiger partial charge in [0.1, 0.15) is 6.54 Å². The first-order chi connectivity index (χ1) is 7.86. The Bertz CT molecular complexity index is 543. The van der Waals surface area contributed by atoms with Crippen LogP contribution in [0.3, 0.4) is 0 Å². The summed E-state index contributed by atoms with van der Waals surface area (Å²) in [6, 6.07) is 3.86. The number of rotatable bonds is 0. The van der Waals surface area contributed by atoms with Gasteiger partial charge in [0, 0.05) is 24.2 Å². The Kier molecular flexibility index (Phi) is 1.93. The van der Waals surface area contributed by atoms with Gasteiger partial charge >= 0.3 is 0 Å². The molecule has 0 aliphatic carbocycles. The van der Waals surface area contributed by atoms with Crippen LogP contribution in [0.15, 0.2) is 35.6 Å². The van der Waals surface area contributed by atoms with Crippen LogP contribution in [0.5, 0.6) is 0 Å². The zero-order chi connectivity index (χ0) is 11.0. The number of fused-ring (bicyclic) bond motifs is 3. The van der Waals surface area contributed by atoms with E-state index in [1.54, 1.807) is 23.5 Å². The van der Waals surface area contributed by atoms with Crippen molar-refractivity contribution in [3.05, 3.63) is 41.9 Å². The highest BCUT2D eigenvalue weighted by atomic mass is 16.2. The Morgan fingerprint density at radius 2 is 2.31 bits per heavy atom. The van der Waals surface area contributed by atoms with Gasteiger partial charge in [-0.2, -0.15) is 0 Å². The molecule has 0 spiro atoms. The van der Waals surface area contributed by atoms with Crippen molar-refractivity contribution in [1.82, 2.24) is 9.88 Å². The van der Waals surface area contributed by atoms with Gasteiger partial charge in [0.15, 0.2) is 0 Å². The molecule has 4 nitrogen and oxygen atoms in total. The summed E-state index contributed by atoms with van der Waals surface area (Å²) in [5.41, 5.74) is 2.64. The molecule has 1 aromatic rings. The predicted octanol–water partition coefficient (Wildman–Crippen LogP) is 1.32. The topological polar surface area (TPSA) is 45.6 Å². The number of hydrogen-bond acceptors (Lipinski definition) is 3. The molecule has 0 aromatic carbocycles. The molecule has 0 bridgehead atoms. The van der Waals surface area contributed by atoms with Crippen LogP contribution < -0.4 is 0 Å². The van der Waals surface area contributed by atoms with Crippen molar-refractivity contribution in [2.24, 2.45) is 4.99 Å². The quantitative estimate of drug-likeness (QED) is 0.649. The van der Waals surface area contributed by atoms with E-state index in [-0.39, 0.29) is 12.5 Å². The van der Waals surface area contributed by atoms with E-state index in [1.165, 1.54) is 0 Å². The molecule has 1 aromatic heterocycles. The molecule has 3 heterocycles. The summed E-state index contributed by atoms with van der Waals surface area (Å²) in [6.07, 6.45) is 8.87. The number of pyridine rings is 1. The molecule has 0 N–H and O–H groups in total. The van der Waals surface area contributed by atoms with E-state index in [0.717, 1.165) is 17.0 Å². The predicted molar refractivity (Wildman–Crippen MR) is 61.5 cm³/mol. The second kappa shape index (κ2) is 3.41. The molecule has 3 rings (SSSR count). The van der Waals surface area contributed by atoms with Crippen molar-refractivity contribution in [1.29, 1.82) is 0 Å². The van der Waals surface area contributed by atoms with Crippen LogP contribution in [0.4, 0.5) is 0 Å². The highest BCUT2D eigenvalue weighted by Gasteiger charge is 2.23. The average molecular weight is 211 g/mol. The van der Waals surface area contributed by atoms with E-state index in [9.17, 15) is 4.79 Å². The summed E-state index contributed by atoms with van der Waals surface area (Å²) >= 11 is 0. The molecule has 78 valence electrons. The highest BCUT2D eigenvalue weighted by Crippen LogP contribution is 2.27. The van der Waals surface area contributed by atoms with Gasteiger partial charge in [0.2, 0.25) is 0 Å². The Morgan fingerprint density at radius 3 is 3.25 bits per heavy atom. The number of hydrogen-bond donors (Lipinski definition) is 0. The molecule has 4 heteroatoms. The summed E-state index contributed by atoms with van der Waals surface area (Å²) in [5, 5.41) is 0. The first kappa shape index (κ1) is 9.03. The summed E-state index contributed by atoms with van der Waals surface area (Å²) in [6.45, 7) is 0.187. The van der Waals surface area contributed by atoms with Crippen LogP contribution in [-0.4, -0.2) is 28.6 Å². The second-order valence-electron chi connectivity index (χ2n) is 3.56. The van der Waals surface area contributed by atoms with Crippen molar-refractivity contribution in [3.63, 3.8) is 0 Å². The fraction of sp³-hybridized carbons (Fsp3) is 0.0833. The summed E-state index contributed by atoms with van der Waals surface area (Å²) in [7, 11) is 0. The first-order valence-corrected chi connectivity index (χ1v) is 5.02. The van der Waals surface area contributed by atoms with Gasteiger partial charge in [-0.3, -0.25) is 19.7 Å². The van der Waals surface area contributed by atoms with Gasteiger partial charge in [-0.15, -0.1) is 0 Å². The Labute approximate surface area is 92.6 Å². The lowest BCUT2D eigenvalue weighted by Crippen LogP contribution is -2.27. The largest absolute Gasteiger partial charge is 0.284 e. The van der Waals surface area contributed by atoms with Crippen LogP contribution in [-0.2, 0) is 4.79 Å². The Hall–Kier alpha value is -2.23. The van der Waals surface area contributed by atoms with E-state index < -0.39 is 0 Å². The van der Waals surface area contributed by atoms with E-state index >= 15 is 0 Å². The van der Waals surface area contributed by atoms with Crippen LogP contribution in [0, 0.1) is 0 Å². The van der Waals surface area contributed by atoms with Crippen molar-refractivity contribution < 1.29 is 4.79 Å². The molecule has 2 aliphatic heterocycles. The minimum Gasteiger partial charge on any atom is -0.284 e. The fourth-order valence-electron chi connectivity index (χ4n) is 1.82. The minimum atomic E-state index is -0.0347. The maximum absolute atomic E-state index is 11.8. The zero-order valence-electron chi connectivity index (χ0n) is 8.50. The van der Waals surface area contributed by atoms with Crippen LogP contribution in [0.25, 0.3) is 11.8 Å². The van der Waals surface area contributed by atoms with E-state index in [0.29, 0.717) is 0 Å². The molecule has 1 amide bonds. The number of nitrogens with zero attached hydrogens (tertiary/aromatic N) is 3. The van der Waals surface area contributed by atoms with Crippen molar-refractivity contribution in [3.8, 4) is 0 Å². The van der Waals surface area contributed by atoms with Gasteiger partial charge in [-0.05, 0) is 18.2 Å². The van der Waals surface area contributed by atoms with E-state index in [4.69, 9.17) is 0 Å². The molecule has 2 aliphatic rings. The average Bonchev–Trinajstić information content (AvgIpc) is 2.52. The van der Waals surface area contributed by atoms with Crippen LogP contribution in [0.1, 0.15) is 11.3 Å². The third-order valence-corrected chi connectivity index (χ3v) is 2.58. The van der Waals surface area contributed by atoms with Crippen molar-refractivity contribution in [2.45, 2.75) is 0 Å². The number of allylic oxidation sites excluding steroid dienone is 1. The zero-order valence-corrected chi connectivity index (χ0v) is 8.50. The Morgan fingerprint density at radius 1 is 1.38 bits per heavy atom. The Balaban J connectivity index is 2.19. The maximum atomic E-state index is 11.8. The minimum absolute atomic E-state index is 0.0347. The smallest absolute Gasteiger partial charge is 0.252 e. The molecule has 16 heavy (non-hydrogen) atoms. The molecular formula is C12H9N3O. The lowest BCUT2D eigenvalue weighted by molar-refractivity contribution is -0.124. The molecule has 0 fully saturated rings. The van der Waals surface area contributed by atoms with Crippen molar-refractivity contribution in [2.75, 3.05) is 6.54 Å². The number of aromatic nitrogens is 1. The molecule has 0 atom stereocenters. The van der Waals surface area contributed by atoms with Gasteiger partial charge in [-0.25, -0.2) is 0 Å². The summed E-state index contributed by atoms with van der Waals surface area (Å²) in [4.78, 5) is 21.6. The van der Waals surface area contributed by atoms with Gasteiger partial charge in [0.25, 0.3) is 5.91 Å². The number of carbonyl (C=O) groups is 1. The normalized spacial score (nSPS) is 17.6. The SMILES string of the molecule is O=C1CN=CC=C2c3ncccc3C=CN12. The second-order valence-corrected chi connectivity index (χ2v) is 3.56. The standard InChI is InChI=1S/C12H9N3O/c16-11-8-13-6-3-10-12-9(2-1-5-14-12)4-7-15(10)11/h1-7H,8H2. The molecule has 0 radical (unpaired) electrons. The van der Waals surface area contributed by atoms with Gasteiger partial charge in [0.05, 0.1) is 11.4 Å². The van der Waals surface area contributed by atoms with Gasteiger partial charge in [-0.1, -0.05) is 6.07 Å². The molecular weight excluding hydrogens is 202 g/mol. The van der Waals surface area contributed by atoms with E-state index in [2.05, 4.69) is 9.98 Å². The monoisotopic (exact) mass is 211 g/mol. The van der Waals surface area contributed by atoms with Gasteiger partial charge < -0.3 is 0 Å². The third-order valence-electron chi connectivity index (χ3n) is 2.58. The molecule has 0 saturated carbocycles. The number of amides is 1. The third kappa shape index (κ3) is 1.27. The molecule has 0 unspecified atom stereocenters.